The Hall–Kier alpha value is -1.10. The third-order valence-electron chi connectivity index (χ3n) is 3.99. The van der Waals surface area contributed by atoms with Crippen LogP contribution in [-0.4, -0.2) is 60.3 Å². The van der Waals surface area contributed by atoms with E-state index in [0.29, 0.717) is 0 Å². The molecule has 1 fully saturated rings. The van der Waals surface area contributed by atoms with E-state index in [1.165, 1.54) is 5.01 Å². The van der Waals surface area contributed by atoms with Crippen LogP contribution in [0.5, 0.6) is 0 Å². The van der Waals surface area contributed by atoms with E-state index in [1.54, 1.807) is 18.4 Å². The molecule has 0 bridgehead atoms. The smallest absolute Gasteiger partial charge is 0.407 e. The second-order valence-electron chi connectivity index (χ2n) is 7.39. The van der Waals surface area contributed by atoms with Crippen molar-refractivity contribution in [1.82, 2.24) is 20.5 Å². The molecule has 1 aliphatic heterocycles. The molecule has 154 valence electrons. The van der Waals surface area contributed by atoms with Gasteiger partial charge in [0.15, 0.2) is 5.96 Å². The van der Waals surface area contributed by atoms with Gasteiger partial charge in [-0.1, -0.05) is 6.92 Å². The molecule has 1 aromatic rings. The number of guanidine groups is 1. The van der Waals surface area contributed by atoms with E-state index in [1.807, 2.05) is 20.8 Å². The van der Waals surface area contributed by atoms with E-state index in [0.717, 1.165) is 50.6 Å². The first-order valence-corrected chi connectivity index (χ1v) is 10.1. The fourth-order valence-electron chi connectivity index (χ4n) is 2.81. The maximum absolute atomic E-state index is 11.9. The summed E-state index contributed by atoms with van der Waals surface area (Å²) in [5.41, 5.74) is 0.647. The molecular weight excluding hydrogens is 477 g/mol. The number of carbonyl (C=O) groups is 1. The third-order valence-corrected chi connectivity index (χ3v) is 5.03. The predicted molar refractivity (Wildman–Crippen MR) is 121 cm³/mol. The Balaban J connectivity index is 0.00000364. The molecule has 0 spiro atoms. The summed E-state index contributed by atoms with van der Waals surface area (Å²) in [6.07, 6.45) is 2.39. The average molecular weight is 509 g/mol. The fraction of sp³-hybridized carbons (Fsp3) is 0.722. The molecule has 2 N–H and O–H groups in total. The zero-order valence-corrected chi connectivity index (χ0v) is 20.0. The van der Waals surface area contributed by atoms with Crippen LogP contribution in [0.4, 0.5) is 4.79 Å². The van der Waals surface area contributed by atoms with Crippen LogP contribution < -0.4 is 10.6 Å². The first-order valence-electron chi connectivity index (χ1n) is 9.19. The number of rotatable bonds is 5. The van der Waals surface area contributed by atoms with Crippen LogP contribution in [0.2, 0.25) is 0 Å². The number of ether oxygens (including phenoxy) is 1. The van der Waals surface area contributed by atoms with Crippen LogP contribution in [0.15, 0.2) is 10.4 Å². The standard InChI is InChI=1S/C18H31N5O2S.HI/c1-6-15-21-14(12-26-15)7-9-20-16(19-5)23-10-8-13(11-23)22-17(24)25-18(2,3)4;/h12-13H,6-11H2,1-5H3,(H,19,20)(H,22,24);1H. The van der Waals surface area contributed by atoms with Crippen molar-refractivity contribution in [2.24, 2.45) is 4.99 Å². The summed E-state index contributed by atoms with van der Waals surface area (Å²) in [6.45, 7) is 10.1. The molecule has 2 rings (SSSR count). The summed E-state index contributed by atoms with van der Waals surface area (Å²) >= 11 is 1.72. The van der Waals surface area contributed by atoms with E-state index >= 15 is 0 Å². The number of carbonyl (C=O) groups excluding carboxylic acids is 1. The van der Waals surface area contributed by atoms with Gasteiger partial charge in [0.2, 0.25) is 0 Å². The van der Waals surface area contributed by atoms with Gasteiger partial charge in [-0.3, -0.25) is 4.99 Å². The molecule has 1 saturated heterocycles. The number of aliphatic imine (C=N–C) groups is 1. The molecule has 0 aromatic carbocycles. The molecular formula is C18H32IN5O2S. The molecule has 0 radical (unpaired) electrons. The summed E-state index contributed by atoms with van der Waals surface area (Å²) in [7, 11) is 1.79. The Morgan fingerprint density at radius 1 is 1.48 bits per heavy atom. The highest BCUT2D eigenvalue weighted by molar-refractivity contribution is 14.0. The van der Waals surface area contributed by atoms with Gasteiger partial charge in [-0.2, -0.15) is 0 Å². The molecule has 7 nitrogen and oxygen atoms in total. The van der Waals surface area contributed by atoms with Gasteiger partial charge < -0.3 is 20.3 Å². The quantitative estimate of drug-likeness (QED) is 0.363. The van der Waals surface area contributed by atoms with Crippen LogP contribution in [0.1, 0.15) is 44.8 Å². The first kappa shape index (κ1) is 23.9. The average Bonchev–Trinajstić information content (AvgIpc) is 3.19. The monoisotopic (exact) mass is 509 g/mol. The summed E-state index contributed by atoms with van der Waals surface area (Å²) in [5.74, 6) is 0.865. The van der Waals surface area contributed by atoms with Gasteiger partial charge in [0.1, 0.15) is 5.60 Å². The van der Waals surface area contributed by atoms with Crippen molar-refractivity contribution >= 4 is 47.4 Å². The molecule has 27 heavy (non-hydrogen) atoms. The number of thiazole rings is 1. The molecule has 9 heteroatoms. The number of aromatic nitrogens is 1. The molecule has 0 aliphatic carbocycles. The molecule has 1 atom stereocenters. The SMILES string of the molecule is CCc1nc(CCNC(=NC)N2CCC(NC(=O)OC(C)(C)C)C2)cs1.I. The summed E-state index contributed by atoms with van der Waals surface area (Å²) < 4.78 is 5.33. The Kier molecular flexibility index (Phi) is 9.78. The zero-order valence-electron chi connectivity index (χ0n) is 16.9. The van der Waals surface area contributed by atoms with Gasteiger partial charge in [-0.05, 0) is 33.6 Å². The Bertz CT molecular complexity index is 630. The number of alkyl carbamates (subject to hydrolysis) is 1. The molecule has 2 heterocycles. The van der Waals surface area contributed by atoms with Gasteiger partial charge in [-0.25, -0.2) is 9.78 Å². The highest BCUT2D eigenvalue weighted by Crippen LogP contribution is 2.13. The summed E-state index contributed by atoms with van der Waals surface area (Å²) in [4.78, 5) is 23.0. The van der Waals surface area contributed by atoms with Crippen LogP contribution in [0.3, 0.4) is 0 Å². The minimum Gasteiger partial charge on any atom is -0.444 e. The van der Waals surface area contributed by atoms with Crippen molar-refractivity contribution in [1.29, 1.82) is 0 Å². The van der Waals surface area contributed by atoms with Crippen LogP contribution in [-0.2, 0) is 17.6 Å². The third kappa shape index (κ3) is 8.20. The largest absolute Gasteiger partial charge is 0.444 e. The van der Waals surface area contributed by atoms with Crippen molar-refractivity contribution < 1.29 is 9.53 Å². The van der Waals surface area contributed by atoms with E-state index in [4.69, 9.17) is 4.74 Å². The summed E-state index contributed by atoms with van der Waals surface area (Å²) in [6, 6.07) is 0.0778. The number of halogens is 1. The second-order valence-corrected chi connectivity index (χ2v) is 8.33. The van der Waals surface area contributed by atoms with Crippen molar-refractivity contribution in [2.75, 3.05) is 26.7 Å². The molecule has 1 aliphatic rings. The number of aryl methyl sites for hydroxylation is 1. The van der Waals surface area contributed by atoms with E-state index in [-0.39, 0.29) is 36.1 Å². The maximum atomic E-state index is 11.9. The Labute approximate surface area is 183 Å². The first-order chi connectivity index (χ1) is 12.3. The number of nitrogens with one attached hydrogen (secondary N) is 2. The minimum atomic E-state index is -0.479. The van der Waals surface area contributed by atoms with Gasteiger partial charge in [0.05, 0.1) is 16.7 Å². The lowest BCUT2D eigenvalue weighted by Gasteiger charge is -2.23. The zero-order chi connectivity index (χ0) is 19.2. The van der Waals surface area contributed by atoms with Gasteiger partial charge in [0.25, 0.3) is 0 Å². The second kappa shape index (κ2) is 11.0. The van der Waals surface area contributed by atoms with Crippen LogP contribution >= 0.6 is 35.3 Å². The van der Waals surface area contributed by atoms with E-state index < -0.39 is 5.60 Å². The molecule has 0 saturated carbocycles. The highest BCUT2D eigenvalue weighted by atomic mass is 127. The van der Waals surface area contributed by atoms with Crippen LogP contribution in [0.25, 0.3) is 0 Å². The lowest BCUT2D eigenvalue weighted by atomic mass is 10.2. The lowest BCUT2D eigenvalue weighted by molar-refractivity contribution is 0.0507. The van der Waals surface area contributed by atoms with E-state index in [2.05, 4.69) is 37.8 Å². The molecule has 1 unspecified atom stereocenters. The van der Waals surface area contributed by atoms with Gasteiger partial charge in [0, 0.05) is 38.5 Å². The van der Waals surface area contributed by atoms with Crippen molar-refractivity contribution in [3.05, 3.63) is 16.1 Å². The fourth-order valence-corrected chi connectivity index (χ4v) is 3.58. The lowest BCUT2D eigenvalue weighted by Crippen LogP contribution is -2.44. The number of nitrogens with zero attached hydrogens (tertiary/aromatic N) is 3. The Morgan fingerprint density at radius 3 is 2.81 bits per heavy atom. The van der Waals surface area contributed by atoms with Gasteiger partial charge >= 0.3 is 6.09 Å². The number of likely N-dealkylation sites (tertiary alicyclic amines) is 1. The van der Waals surface area contributed by atoms with Crippen molar-refractivity contribution in [3.8, 4) is 0 Å². The minimum absolute atomic E-state index is 0. The van der Waals surface area contributed by atoms with Crippen molar-refractivity contribution in [2.45, 2.75) is 58.6 Å². The molecule has 1 aromatic heterocycles. The number of hydrogen-bond acceptors (Lipinski definition) is 5. The van der Waals surface area contributed by atoms with Gasteiger partial charge in [-0.15, -0.1) is 35.3 Å². The summed E-state index contributed by atoms with van der Waals surface area (Å²) in [5, 5.41) is 9.64. The van der Waals surface area contributed by atoms with E-state index in [9.17, 15) is 4.79 Å². The van der Waals surface area contributed by atoms with Crippen LogP contribution in [0, 0.1) is 0 Å². The molecule has 1 amide bonds. The normalized spacial score (nSPS) is 17.4. The maximum Gasteiger partial charge on any atom is 0.407 e. The Morgan fingerprint density at radius 2 is 2.22 bits per heavy atom. The number of amides is 1. The highest BCUT2D eigenvalue weighted by Gasteiger charge is 2.27. The number of hydrogen-bond donors (Lipinski definition) is 2. The van der Waals surface area contributed by atoms with Crippen molar-refractivity contribution in [3.63, 3.8) is 0 Å². The predicted octanol–water partition coefficient (Wildman–Crippen LogP) is 3.04. The topological polar surface area (TPSA) is 78.9 Å².